The number of fused-ring (bicyclic) bond motifs is 2. The van der Waals surface area contributed by atoms with E-state index in [1.807, 2.05) is 12.1 Å². The van der Waals surface area contributed by atoms with Gasteiger partial charge < -0.3 is 5.32 Å². The van der Waals surface area contributed by atoms with Gasteiger partial charge in [-0.3, -0.25) is 14.8 Å². The molecular formula is C14H11ClN6. The molecule has 0 spiro atoms. The van der Waals surface area contributed by atoms with Crippen LogP contribution in [0.3, 0.4) is 0 Å². The lowest BCUT2D eigenvalue weighted by atomic mass is 10.2. The number of benzene rings is 1. The lowest BCUT2D eigenvalue weighted by Crippen LogP contribution is -1.92. The van der Waals surface area contributed by atoms with Crippen LogP contribution in [-0.4, -0.2) is 25.0 Å². The van der Waals surface area contributed by atoms with Gasteiger partial charge in [0.15, 0.2) is 11.0 Å². The Kier molecular flexibility index (Phi) is 1.99. The molecule has 1 aromatic carbocycles. The number of anilines is 2. The first kappa shape index (κ1) is 9.36. The quantitative estimate of drug-likeness (QED) is 0.596. The Bertz CT molecular complexity index is 1050. The normalized spacial score (nSPS) is 14.0. The van der Waals surface area contributed by atoms with Gasteiger partial charge in [0.2, 0.25) is 0 Å². The lowest BCUT2D eigenvalue weighted by molar-refractivity contribution is 0.797. The van der Waals surface area contributed by atoms with Crippen LogP contribution in [0.4, 0.5) is 11.5 Å². The number of halogens is 1. The number of rotatable bonds is 2. The van der Waals surface area contributed by atoms with E-state index in [9.17, 15) is 0 Å². The highest BCUT2D eigenvalue weighted by atomic mass is 35.5. The molecule has 3 heterocycles. The van der Waals surface area contributed by atoms with E-state index in [-0.39, 0.29) is 5.15 Å². The molecule has 6 nitrogen and oxygen atoms in total. The molecule has 21 heavy (non-hydrogen) atoms. The highest BCUT2D eigenvalue weighted by Crippen LogP contribution is 2.28. The van der Waals surface area contributed by atoms with E-state index in [1.165, 1.54) is 0 Å². The van der Waals surface area contributed by atoms with Crippen molar-refractivity contribution >= 4 is 45.0 Å². The number of aromatic nitrogens is 5. The molecule has 7 heteroatoms. The molecule has 0 saturated carbocycles. The maximum atomic E-state index is 7.51. The Morgan fingerprint density at radius 1 is 1.38 bits per heavy atom. The molecule has 104 valence electrons. The van der Waals surface area contributed by atoms with E-state index in [4.69, 9.17) is 15.7 Å². The predicted octanol–water partition coefficient (Wildman–Crippen LogP) is 3.24. The molecule has 4 rings (SSSR count). The zero-order valence-corrected chi connectivity index (χ0v) is 11.4. The summed E-state index contributed by atoms with van der Waals surface area (Å²) < 4.78 is 23.5. The van der Waals surface area contributed by atoms with Gasteiger partial charge in [0.05, 0.1) is 11.0 Å². The minimum Gasteiger partial charge on any atom is -0.337 e. The molecule has 0 aliphatic carbocycles. The average Bonchev–Trinajstić information content (AvgIpc) is 3.09. The summed E-state index contributed by atoms with van der Waals surface area (Å²) in [6.07, 6.45) is 1.68. The Hall–Kier alpha value is -2.60. The van der Waals surface area contributed by atoms with E-state index in [1.54, 1.807) is 24.4 Å². The van der Waals surface area contributed by atoms with Gasteiger partial charge >= 0.3 is 0 Å². The first-order valence-electron chi connectivity index (χ1n) is 7.68. The van der Waals surface area contributed by atoms with Gasteiger partial charge in [0.1, 0.15) is 5.52 Å². The van der Waals surface area contributed by atoms with Gasteiger partial charge in [0, 0.05) is 28.4 Å². The minimum atomic E-state index is -2.39. The van der Waals surface area contributed by atoms with E-state index < -0.39 is 6.98 Å². The van der Waals surface area contributed by atoms with Crippen molar-refractivity contribution in [2.45, 2.75) is 0 Å². The number of H-pyrrole nitrogens is 1. The Balaban J connectivity index is 1.77. The summed E-state index contributed by atoms with van der Waals surface area (Å²) in [5.74, 6) is 0.573. The van der Waals surface area contributed by atoms with Crippen molar-refractivity contribution in [2.75, 3.05) is 5.32 Å². The number of hydrogen-bond donors (Lipinski definition) is 2. The largest absolute Gasteiger partial charge is 0.337 e. The van der Waals surface area contributed by atoms with Crippen LogP contribution in [0.2, 0.25) is 5.15 Å². The molecule has 0 radical (unpaired) electrons. The molecule has 0 fully saturated rings. The lowest BCUT2D eigenvalue weighted by Gasteiger charge is -2.03. The predicted molar refractivity (Wildman–Crippen MR) is 82.9 cm³/mol. The first-order valence-corrected chi connectivity index (χ1v) is 6.56. The second-order valence-electron chi connectivity index (χ2n) is 4.53. The molecular weight excluding hydrogens is 288 g/mol. The fraction of sp³-hybridized carbons (Fsp3) is 0.0714. The Labute approximate surface area is 129 Å². The molecule has 0 atom stereocenters. The second kappa shape index (κ2) is 4.46. The number of hydrogen-bond acceptors (Lipinski definition) is 4. The van der Waals surface area contributed by atoms with E-state index >= 15 is 0 Å². The van der Waals surface area contributed by atoms with Gasteiger partial charge in [-0.2, -0.15) is 10.2 Å². The highest BCUT2D eigenvalue weighted by molar-refractivity contribution is 6.34. The Morgan fingerprint density at radius 3 is 3.24 bits per heavy atom. The third-order valence-corrected chi connectivity index (χ3v) is 3.50. The van der Waals surface area contributed by atoms with E-state index in [0.717, 1.165) is 10.2 Å². The molecule has 0 unspecified atom stereocenters. The SMILES string of the molecule is [2H]C([2H])([2H])n1nc(Cl)c2cc(Nc3n[nH]c4cccnc34)ccc21. The van der Waals surface area contributed by atoms with Crippen LogP contribution in [0.25, 0.3) is 21.9 Å². The highest BCUT2D eigenvalue weighted by Gasteiger charge is 2.10. The van der Waals surface area contributed by atoms with Gasteiger partial charge in [-0.25, -0.2) is 0 Å². The van der Waals surface area contributed by atoms with Crippen LogP contribution < -0.4 is 5.32 Å². The number of nitrogens with zero attached hydrogens (tertiary/aromatic N) is 4. The number of aromatic amines is 1. The second-order valence-corrected chi connectivity index (χ2v) is 4.89. The van der Waals surface area contributed by atoms with Gasteiger partial charge in [-0.15, -0.1) is 0 Å². The maximum Gasteiger partial charge on any atom is 0.178 e. The third-order valence-electron chi connectivity index (χ3n) is 3.22. The molecule has 0 aliphatic rings. The summed E-state index contributed by atoms with van der Waals surface area (Å²) in [7, 11) is 0. The molecule has 0 saturated heterocycles. The monoisotopic (exact) mass is 301 g/mol. The molecule has 0 amide bonds. The topological polar surface area (TPSA) is 71.4 Å². The van der Waals surface area contributed by atoms with Crippen LogP contribution in [0.15, 0.2) is 36.5 Å². The fourth-order valence-corrected chi connectivity index (χ4v) is 2.46. The summed E-state index contributed by atoms with van der Waals surface area (Å²) in [6, 6.07) is 8.83. The van der Waals surface area contributed by atoms with Crippen LogP contribution in [-0.2, 0) is 6.98 Å². The average molecular weight is 302 g/mol. The summed E-state index contributed by atoms with van der Waals surface area (Å²) >= 11 is 6.09. The van der Waals surface area contributed by atoms with Gasteiger partial charge in [0.25, 0.3) is 0 Å². The van der Waals surface area contributed by atoms with Crippen molar-refractivity contribution in [1.29, 1.82) is 0 Å². The summed E-state index contributed by atoms with van der Waals surface area (Å²) in [5.41, 5.74) is 2.67. The van der Waals surface area contributed by atoms with Crippen LogP contribution in [0, 0.1) is 0 Å². The van der Waals surface area contributed by atoms with Crippen molar-refractivity contribution in [3.05, 3.63) is 41.7 Å². The molecule has 0 aliphatic heterocycles. The molecule has 3 aromatic heterocycles. The van der Waals surface area contributed by atoms with Crippen molar-refractivity contribution in [1.82, 2.24) is 25.0 Å². The summed E-state index contributed by atoms with van der Waals surface area (Å²) in [5, 5.41) is 14.8. The van der Waals surface area contributed by atoms with Crippen LogP contribution >= 0.6 is 11.6 Å². The fourth-order valence-electron chi connectivity index (χ4n) is 2.24. The van der Waals surface area contributed by atoms with Gasteiger partial charge in [-0.05, 0) is 30.3 Å². The van der Waals surface area contributed by atoms with Gasteiger partial charge in [-0.1, -0.05) is 11.6 Å². The number of pyridine rings is 1. The molecule has 2 N–H and O–H groups in total. The standard InChI is InChI=1S/C14H11ClN6/c1-21-11-5-4-8(7-9(11)13(15)20-21)17-14-12-10(18-19-14)3-2-6-16-12/h2-7H,1H3,(H2,17,18,19)/i1D3. The van der Waals surface area contributed by atoms with E-state index in [0.29, 0.717) is 27.9 Å². The van der Waals surface area contributed by atoms with Crippen molar-refractivity contribution in [3.8, 4) is 0 Å². The number of nitrogens with one attached hydrogen (secondary N) is 2. The summed E-state index contributed by atoms with van der Waals surface area (Å²) in [6.45, 7) is -2.39. The minimum absolute atomic E-state index is 0.134. The van der Waals surface area contributed by atoms with Crippen LogP contribution in [0.5, 0.6) is 0 Å². The summed E-state index contributed by atoms with van der Waals surface area (Å²) in [4.78, 5) is 4.28. The Morgan fingerprint density at radius 2 is 2.33 bits per heavy atom. The maximum absolute atomic E-state index is 7.51. The van der Waals surface area contributed by atoms with Crippen molar-refractivity contribution in [3.63, 3.8) is 0 Å². The number of aryl methyl sites for hydroxylation is 1. The zero-order valence-electron chi connectivity index (χ0n) is 13.6. The third kappa shape index (κ3) is 1.92. The van der Waals surface area contributed by atoms with Crippen LogP contribution in [0.1, 0.15) is 4.11 Å². The van der Waals surface area contributed by atoms with Crippen molar-refractivity contribution < 1.29 is 4.11 Å². The first-order chi connectivity index (χ1) is 11.4. The zero-order chi connectivity index (χ0) is 16.9. The van der Waals surface area contributed by atoms with Crippen molar-refractivity contribution in [2.24, 2.45) is 6.98 Å². The molecule has 4 aromatic rings. The smallest absolute Gasteiger partial charge is 0.178 e. The van der Waals surface area contributed by atoms with E-state index in [2.05, 4.69) is 25.6 Å². The molecule has 0 bridgehead atoms.